The molecule has 3 heteroatoms. The topological polar surface area (TPSA) is 39.1 Å². The second-order valence-electron chi connectivity index (χ2n) is 5.81. The first-order valence-electron chi connectivity index (χ1n) is 6.08. The number of nitrogens with zero attached hydrogens (tertiary/aromatic N) is 2. The lowest BCUT2D eigenvalue weighted by molar-refractivity contribution is 0.280. The predicted octanol–water partition coefficient (Wildman–Crippen LogP) is 2.10. The van der Waals surface area contributed by atoms with E-state index in [9.17, 15) is 0 Å². The van der Waals surface area contributed by atoms with Gasteiger partial charge in [0.25, 0.3) is 0 Å². The highest BCUT2D eigenvalue weighted by Gasteiger charge is 2.18. The first-order valence-corrected chi connectivity index (χ1v) is 6.08. The van der Waals surface area contributed by atoms with Crippen molar-refractivity contribution in [1.29, 1.82) is 5.26 Å². The van der Waals surface area contributed by atoms with Crippen molar-refractivity contribution in [3.05, 3.63) is 0 Å². The number of nitriles is 1. The predicted molar refractivity (Wildman–Crippen MR) is 69.2 cm³/mol. The maximum atomic E-state index is 8.93. The lowest BCUT2D eigenvalue weighted by Gasteiger charge is -2.27. The van der Waals surface area contributed by atoms with Gasteiger partial charge in [0.05, 0.1) is 11.5 Å². The molecule has 16 heavy (non-hydrogen) atoms. The monoisotopic (exact) mass is 225 g/mol. The lowest BCUT2D eigenvalue weighted by Crippen LogP contribution is -2.43. The van der Waals surface area contributed by atoms with E-state index in [1.165, 1.54) is 0 Å². The fourth-order valence-corrected chi connectivity index (χ4v) is 1.53. The van der Waals surface area contributed by atoms with Crippen LogP contribution < -0.4 is 5.32 Å². The van der Waals surface area contributed by atoms with Gasteiger partial charge in [-0.15, -0.1) is 0 Å². The maximum Gasteiger partial charge on any atom is 0.0684 e. The molecule has 3 nitrogen and oxygen atoms in total. The van der Waals surface area contributed by atoms with Crippen molar-refractivity contribution in [1.82, 2.24) is 10.2 Å². The summed E-state index contributed by atoms with van der Waals surface area (Å²) in [6.45, 7) is 10.4. The van der Waals surface area contributed by atoms with Crippen LogP contribution in [0.3, 0.4) is 0 Å². The Morgan fingerprint density at radius 2 is 1.88 bits per heavy atom. The second-order valence-corrected chi connectivity index (χ2v) is 5.81. The normalized spacial score (nSPS) is 14.2. The van der Waals surface area contributed by atoms with Crippen LogP contribution in [0.1, 0.15) is 34.1 Å². The van der Waals surface area contributed by atoms with Crippen LogP contribution in [-0.4, -0.2) is 38.1 Å². The standard InChI is InChI=1S/C13H27N3/c1-11(2)12(9-16(5)6)15-8-7-13(3,4)10-14/h11-12,15H,7-9H2,1-6H3. The van der Waals surface area contributed by atoms with Gasteiger partial charge in [-0.05, 0) is 46.8 Å². The zero-order chi connectivity index (χ0) is 12.8. The van der Waals surface area contributed by atoms with Crippen LogP contribution >= 0.6 is 0 Å². The van der Waals surface area contributed by atoms with Crippen LogP contribution in [0.5, 0.6) is 0 Å². The zero-order valence-corrected chi connectivity index (χ0v) is 11.7. The summed E-state index contributed by atoms with van der Waals surface area (Å²) in [5.74, 6) is 0.618. The maximum absolute atomic E-state index is 8.93. The third-order valence-electron chi connectivity index (χ3n) is 2.83. The molecular formula is C13H27N3. The Morgan fingerprint density at radius 3 is 2.25 bits per heavy atom. The quantitative estimate of drug-likeness (QED) is 0.721. The van der Waals surface area contributed by atoms with Crippen molar-refractivity contribution in [2.24, 2.45) is 11.3 Å². The Morgan fingerprint density at radius 1 is 1.31 bits per heavy atom. The Balaban J connectivity index is 4.00. The molecule has 0 amide bonds. The summed E-state index contributed by atoms with van der Waals surface area (Å²) in [7, 11) is 4.19. The number of nitrogens with one attached hydrogen (secondary N) is 1. The smallest absolute Gasteiger partial charge is 0.0684 e. The van der Waals surface area contributed by atoms with Gasteiger partial charge >= 0.3 is 0 Å². The van der Waals surface area contributed by atoms with Crippen molar-refractivity contribution < 1.29 is 0 Å². The van der Waals surface area contributed by atoms with E-state index in [4.69, 9.17) is 5.26 Å². The van der Waals surface area contributed by atoms with E-state index in [1.807, 2.05) is 13.8 Å². The molecule has 1 N–H and O–H groups in total. The third kappa shape index (κ3) is 6.81. The van der Waals surface area contributed by atoms with E-state index in [0.717, 1.165) is 19.5 Å². The van der Waals surface area contributed by atoms with Crippen LogP contribution in [0, 0.1) is 22.7 Å². The summed E-state index contributed by atoms with van der Waals surface area (Å²) in [4.78, 5) is 2.20. The molecule has 0 heterocycles. The van der Waals surface area contributed by atoms with E-state index in [0.29, 0.717) is 12.0 Å². The Labute approximate surface area is 101 Å². The largest absolute Gasteiger partial charge is 0.312 e. The molecule has 0 saturated carbocycles. The summed E-state index contributed by atoms with van der Waals surface area (Å²) in [5, 5.41) is 12.5. The van der Waals surface area contributed by atoms with Crippen LogP contribution in [-0.2, 0) is 0 Å². The molecule has 0 aromatic heterocycles. The molecule has 0 radical (unpaired) electrons. The van der Waals surface area contributed by atoms with Crippen molar-refractivity contribution in [2.75, 3.05) is 27.2 Å². The van der Waals surface area contributed by atoms with Gasteiger partial charge in [-0.3, -0.25) is 0 Å². The molecule has 0 rings (SSSR count). The van der Waals surface area contributed by atoms with Gasteiger partial charge in [0.1, 0.15) is 0 Å². The lowest BCUT2D eigenvalue weighted by atomic mass is 9.91. The van der Waals surface area contributed by atoms with E-state index < -0.39 is 0 Å². The van der Waals surface area contributed by atoms with Crippen molar-refractivity contribution >= 4 is 0 Å². The van der Waals surface area contributed by atoms with Crippen molar-refractivity contribution in [3.63, 3.8) is 0 Å². The van der Waals surface area contributed by atoms with E-state index in [1.54, 1.807) is 0 Å². The molecule has 0 aliphatic carbocycles. The van der Waals surface area contributed by atoms with Gasteiger partial charge in [0, 0.05) is 12.6 Å². The van der Waals surface area contributed by atoms with Crippen LogP contribution in [0.15, 0.2) is 0 Å². The summed E-state index contributed by atoms with van der Waals surface area (Å²) in [6, 6.07) is 2.84. The Kier molecular flexibility index (Phi) is 6.62. The molecule has 0 aromatic carbocycles. The van der Waals surface area contributed by atoms with Crippen molar-refractivity contribution in [3.8, 4) is 6.07 Å². The van der Waals surface area contributed by atoms with Crippen molar-refractivity contribution in [2.45, 2.75) is 40.2 Å². The molecule has 0 spiro atoms. The number of hydrogen-bond acceptors (Lipinski definition) is 3. The Bertz CT molecular complexity index is 226. The van der Waals surface area contributed by atoms with Gasteiger partial charge < -0.3 is 10.2 Å². The SMILES string of the molecule is CC(C)C(CN(C)C)NCCC(C)(C)C#N. The van der Waals surface area contributed by atoms with Crippen LogP contribution in [0.25, 0.3) is 0 Å². The molecule has 0 saturated heterocycles. The van der Waals surface area contributed by atoms with Gasteiger partial charge in [-0.1, -0.05) is 13.8 Å². The fourth-order valence-electron chi connectivity index (χ4n) is 1.53. The minimum absolute atomic E-state index is 0.216. The summed E-state index contributed by atoms with van der Waals surface area (Å²) >= 11 is 0. The molecule has 0 aliphatic heterocycles. The van der Waals surface area contributed by atoms with E-state index >= 15 is 0 Å². The average molecular weight is 225 g/mol. The molecule has 0 aromatic rings. The molecule has 94 valence electrons. The van der Waals surface area contributed by atoms with Crippen LogP contribution in [0.4, 0.5) is 0 Å². The summed E-state index contributed by atoms with van der Waals surface area (Å²) < 4.78 is 0. The number of hydrogen-bond donors (Lipinski definition) is 1. The molecular weight excluding hydrogens is 198 g/mol. The van der Waals surface area contributed by atoms with Gasteiger partial charge in [0.2, 0.25) is 0 Å². The van der Waals surface area contributed by atoms with Gasteiger partial charge in [0.15, 0.2) is 0 Å². The van der Waals surface area contributed by atoms with E-state index in [2.05, 4.69) is 44.2 Å². The molecule has 0 fully saturated rings. The highest BCUT2D eigenvalue weighted by molar-refractivity contribution is 4.92. The van der Waals surface area contributed by atoms with Gasteiger partial charge in [-0.2, -0.15) is 5.26 Å². The molecule has 1 atom stereocenters. The highest BCUT2D eigenvalue weighted by Crippen LogP contribution is 2.17. The Hall–Kier alpha value is -0.590. The van der Waals surface area contributed by atoms with E-state index in [-0.39, 0.29) is 5.41 Å². The second kappa shape index (κ2) is 6.88. The van der Waals surface area contributed by atoms with Crippen LogP contribution in [0.2, 0.25) is 0 Å². The first-order chi connectivity index (χ1) is 7.28. The zero-order valence-electron chi connectivity index (χ0n) is 11.7. The first kappa shape index (κ1) is 15.4. The highest BCUT2D eigenvalue weighted by atomic mass is 15.1. The number of likely N-dealkylation sites (N-methyl/N-ethyl adjacent to an activating group) is 1. The molecule has 0 aliphatic rings. The summed E-state index contributed by atoms with van der Waals surface area (Å²) in [5.41, 5.74) is -0.216. The number of rotatable bonds is 7. The average Bonchev–Trinajstić information content (AvgIpc) is 2.15. The fraction of sp³-hybridized carbons (Fsp3) is 0.923. The summed E-state index contributed by atoms with van der Waals surface area (Å²) in [6.07, 6.45) is 0.903. The minimum Gasteiger partial charge on any atom is -0.312 e. The molecule has 1 unspecified atom stereocenters. The van der Waals surface area contributed by atoms with Gasteiger partial charge in [-0.25, -0.2) is 0 Å². The molecule has 0 bridgehead atoms. The third-order valence-corrected chi connectivity index (χ3v) is 2.83. The minimum atomic E-state index is -0.216.